The molecule has 0 unspecified atom stereocenters. The van der Waals surface area contributed by atoms with Gasteiger partial charge in [-0.1, -0.05) is 55.9 Å². The molecule has 3 N–H and O–H groups in total. The highest BCUT2D eigenvalue weighted by molar-refractivity contribution is 7.99. The van der Waals surface area contributed by atoms with Crippen molar-refractivity contribution in [1.29, 1.82) is 0 Å². The summed E-state index contributed by atoms with van der Waals surface area (Å²) in [7, 11) is 1.87. The van der Waals surface area contributed by atoms with E-state index in [2.05, 4.69) is 31.0 Å². The first kappa shape index (κ1) is 33.7. The molecular weight excluding hydrogens is 594 g/mol. The molecule has 13 nitrogen and oxygen atoms in total. The van der Waals surface area contributed by atoms with Crippen LogP contribution in [0.15, 0.2) is 47.9 Å². The number of nitrogens with zero attached hydrogens (tertiary/aromatic N) is 6. The van der Waals surface area contributed by atoms with Gasteiger partial charge in [0.05, 0.1) is 11.8 Å². The summed E-state index contributed by atoms with van der Waals surface area (Å²) < 4.78 is 3.37. The molecule has 0 radical (unpaired) electrons. The van der Waals surface area contributed by atoms with Crippen LogP contribution in [-0.4, -0.2) is 84.3 Å². The van der Waals surface area contributed by atoms with Gasteiger partial charge in [-0.25, -0.2) is 14.6 Å². The van der Waals surface area contributed by atoms with Gasteiger partial charge < -0.3 is 25.4 Å². The van der Waals surface area contributed by atoms with Crippen LogP contribution in [-0.2, 0) is 39.2 Å². The largest absolute Gasteiger partial charge is 0.354 e. The molecule has 0 saturated carbocycles. The third kappa shape index (κ3) is 9.90. The van der Waals surface area contributed by atoms with Crippen molar-refractivity contribution in [3.05, 3.63) is 59.9 Å². The smallest absolute Gasteiger partial charge is 0.243 e. The molecule has 0 saturated heterocycles. The zero-order valence-electron chi connectivity index (χ0n) is 26.4. The molecule has 45 heavy (non-hydrogen) atoms. The van der Waals surface area contributed by atoms with Crippen molar-refractivity contribution in [3.63, 3.8) is 0 Å². The highest BCUT2D eigenvalue weighted by atomic mass is 32.2. The van der Waals surface area contributed by atoms with Crippen LogP contribution >= 0.6 is 11.8 Å². The van der Waals surface area contributed by atoms with Crippen LogP contribution in [0.3, 0.4) is 0 Å². The number of hydrogen-bond acceptors (Lipinski definition) is 8. The Kier molecular flexibility index (Phi) is 12.1. The quantitative estimate of drug-likeness (QED) is 0.346. The fraction of sp³-hybridized carbons (Fsp3) is 0.516. The molecule has 2 atom stereocenters. The summed E-state index contributed by atoms with van der Waals surface area (Å²) in [4.78, 5) is 63.6. The van der Waals surface area contributed by atoms with Crippen LogP contribution in [0.4, 0.5) is 0 Å². The lowest BCUT2D eigenvalue weighted by atomic mass is 10.0. The molecule has 242 valence electrons. The lowest BCUT2D eigenvalue weighted by Gasteiger charge is -2.26. The van der Waals surface area contributed by atoms with Crippen molar-refractivity contribution >= 4 is 35.4 Å². The second-order valence-corrected chi connectivity index (χ2v) is 12.5. The summed E-state index contributed by atoms with van der Waals surface area (Å²) in [6.45, 7) is 6.74. The van der Waals surface area contributed by atoms with E-state index in [0.717, 1.165) is 10.7 Å². The first-order valence-electron chi connectivity index (χ1n) is 15.3. The normalized spacial score (nSPS) is 19.2. The molecule has 4 rings (SSSR count). The highest BCUT2D eigenvalue weighted by Crippen LogP contribution is 2.21. The first-order valence-corrected chi connectivity index (χ1v) is 16.3. The molecule has 0 bridgehead atoms. The molecule has 1 aromatic carbocycles. The van der Waals surface area contributed by atoms with E-state index in [-0.39, 0.29) is 48.3 Å². The summed E-state index contributed by atoms with van der Waals surface area (Å²) in [5.74, 6) is 0.141. The minimum atomic E-state index is -0.840. The van der Waals surface area contributed by atoms with Gasteiger partial charge in [-0.05, 0) is 31.2 Å². The number of rotatable bonds is 6. The molecule has 4 amide bonds. The highest BCUT2D eigenvalue weighted by Gasteiger charge is 2.30. The molecule has 0 fully saturated rings. The van der Waals surface area contributed by atoms with E-state index in [1.807, 2.05) is 62.0 Å². The van der Waals surface area contributed by atoms with Gasteiger partial charge in [-0.2, -0.15) is 5.10 Å². The minimum absolute atomic E-state index is 0.0671. The molecule has 1 aliphatic heterocycles. The number of carbonyl (C=O) groups is 4. The lowest BCUT2D eigenvalue weighted by Crippen LogP contribution is -2.50. The van der Waals surface area contributed by atoms with Gasteiger partial charge in [0, 0.05) is 51.9 Å². The Bertz CT molecular complexity index is 1460. The predicted octanol–water partition coefficient (Wildman–Crippen LogP) is 1.78. The topological polar surface area (TPSA) is 156 Å². The number of fused-ring (bicyclic) bond motifs is 1. The van der Waals surface area contributed by atoms with E-state index < -0.39 is 12.1 Å². The van der Waals surface area contributed by atoms with Crippen LogP contribution in [0.5, 0.6) is 0 Å². The third-order valence-electron chi connectivity index (χ3n) is 7.49. The van der Waals surface area contributed by atoms with Gasteiger partial charge >= 0.3 is 0 Å². The van der Waals surface area contributed by atoms with Gasteiger partial charge in [0.1, 0.15) is 18.4 Å². The van der Waals surface area contributed by atoms with E-state index in [1.165, 1.54) is 16.4 Å². The Hall–Kier alpha value is -4.20. The number of benzene rings is 1. The number of nitrogens with one attached hydrogen (secondary N) is 3. The molecule has 1 aliphatic rings. The van der Waals surface area contributed by atoms with Gasteiger partial charge in [0.2, 0.25) is 23.6 Å². The second kappa shape index (κ2) is 16.2. The van der Waals surface area contributed by atoms with Crippen molar-refractivity contribution in [1.82, 2.24) is 45.2 Å². The van der Waals surface area contributed by atoms with Crippen molar-refractivity contribution in [2.24, 2.45) is 13.0 Å². The molecule has 3 heterocycles. The van der Waals surface area contributed by atoms with Crippen LogP contribution < -0.4 is 16.0 Å². The van der Waals surface area contributed by atoms with Gasteiger partial charge in [0.15, 0.2) is 11.0 Å². The average Bonchev–Trinajstić information content (AvgIpc) is 3.58. The van der Waals surface area contributed by atoms with Gasteiger partial charge in [0.25, 0.3) is 0 Å². The summed E-state index contributed by atoms with van der Waals surface area (Å²) in [6.07, 6.45) is 4.92. The number of thioether (sulfide) groups is 1. The number of hydrogen-bond donors (Lipinski definition) is 3. The Morgan fingerprint density at radius 3 is 2.53 bits per heavy atom. The lowest BCUT2D eigenvalue weighted by molar-refractivity contribution is -0.130. The predicted molar refractivity (Wildman–Crippen MR) is 170 cm³/mol. The Labute approximate surface area is 267 Å². The van der Waals surface area contributed by atoms with E-state index in [0.29, 0.717) is 50.5 Å². The van der Waals surface area contributed by atoms with E-state index >= 15 is 0 Å². The average molecular weight is 638 g/mol. The monoisotopic (exact) mass is 637 g/mol. The Morgan fingerprint density at radius 1 is 1.07 bits per heavy atom. The summed E-state index contributed by atoms with van der Waals surface area (Å²) in [5, 5.41) is 14.1. The SMILES string of the molecule is Cc1nc2n(n1)CC(=O)NCCCN(C(=O)CSc1nccn1C)CCCC(=O)N[C@H](Cc1ccccc1)C(=O)N[C@H]2C(C)C. The molecule has 2 aromatic heterocycles. The molecule has 3 aromatic rings. The first-order chi connectivity index (χ1) is 21.6. The maximum atomic E-state index is 13.8. The molecule has 0 aliphatic carbocycles. The fourth-order valence-corrected chi connectivity index (χ4v) is 5.95. The number of imidazole rings is 1. The minimum Gasteiger partial charge on any atom is -0.354 e. The third-order valence-corrected chi connectivity index (χ3v) is 8.53. The molecule has 0 spiro atoms. The zero-order chi connectivity index (χ0) is 32.3. The molecule has 14 heteroatoms. The Balaban J connectivity index is 1.55. The van der Waals surface area contributed by atoms with Crippen molar-refractivity contribution in [3.8, 4) is 0 Å². The zero-order valence-corrected chi connectivity index (χ0v) is 27.2. The van der Waals surface area contributed by atoms with Crippen LogP contribution in [0.1, 0.15) is 56.4 Å². The van der Waals surface area contributed by atoms with Crippen molar-refractivity contribution < 1.29 is 19.2 Å². The van der Waals surface area contributed by atoms with Crippen LogP contribution in [0, 0.1) is 12.8 Å². The number of aryl methyl sites for hydroxylation is 2. The second-order valence-electron chi connectivity index (χ2n) is 11.5. The number of amides is 4. The molecular formula is C31H43N9O4S. The van der Waals surface area contributed by atoms with Crippen molar-refractivity contribution in [2.45, 2.75) is 70.2 Å². The fourth-order valence-electron chi connectivity index (χ4n) is 5.12. The van der Waals surface area contributed by atoms with Gasteiger partial charge in [-0.3, -0.25) is 19.2 Å². The Morgan fingerprint density at radius 2 is 1.82 bits per heavy atom. The van der Waals surface area contributed by atoms with E-state index in [1.54, 1.807) is 18.0 Å². The maximum absolute atomic E-state index is 13.8. The summed E-state index contributed by atoms with van der Waals surface area (Å²) in [5.41, 5.74) is 0.902. The van der Waals surface area contributed by atoms with E-state index in [9.17, 15) is 19.2 Å². The van der Waals surface area contributed by atoms with Crippen LogP contribution in [0.2, 0.25) is 0 Å². The summed E-state index contributed by atoms with van der Waals surface area (Å²) in [6, 6.07) is 8.12. The van der Waals surface area contributed by atoms with Crippen LogP contribution in [0.25, 0.3) is 0 Å². The van der Waals surface area contributed by atoms with E-state index in [4.69, 9.17) is 0 Å². The maximum Gasteiger partial charge on any atom is 0.243 e. The summed E-state index contributed by atoms with van der Waals surface area (Å²) >= 11 is 1.35. The number of carbonyl (C=O) groups excluding carboxylic acids is 4. The number of aromatic nitrogens is 5. The van der Waals surface area contributed by atoms with Gasteiger partial charge in [-0.15, -0.1) is 0 Å². The van der Waals surface area contributed by atoms with Crippen molar-refractivity contribution in [2.75, 3.05) is 25.4 Å². The standard InChI is InChI=1S/C31H43N9O4S/c1-21(2)28-29-34-22(3)37-40(29)19-26(42)32-13-9-16-39(27(43)20-45-31-33-14-17-38(31)4)15-8-12-25(41)35-24(30(44)36-28)18-23-10-6-5-7-11-23/h5-7,10-11,14,17,21,24,28H,8-9,12-13,15-16,18-20H2,1-4H3,(H,32,42)(H,35,41)(H,36,44)/t24-,28+/m1/s1.